The molecule has 1 heterocycles. The Morgan fingerprint density at radius 3 is 3.00 bits per heavy atom. The molecule has 1 aliphatic carbocycles. The smallest absolute Gasteiger partial charge is 0.0900 e. The number of thiazole rings is 1. The normalized spacial score (nSPS) is 17.1. The van der Waals surface area contributed by atoms with Crippen molar-refractivity contribution in [2.45, 2.75) is 39.2 Å². The van der Waals surface area contributed by atoms with Crippen molar-refractivity contribution in [3.63, 3.8) is 0 Å². The third-order valence-electron chi connectivity index (χ3n) is 2.63. The van der Waals surface area contributed by atoms with Crippen molar-refractivity contribution in [3.8, 4) is 0 Å². The summed E-state index contributed by atoms with van der Waals surface area (Å²) in [6.07, 6.45) is 8.08. The predicted molar refractivity (Wildman–Crippen MR) is 66.1 cm³/mol. The maximum absolute atomic E-state index is 4.27. The first-order valence-corrected chi connectivity index (χ1v) is 6.45. The summed E-state index contributed by atoms with van der Waals surface area (Å²) in [5.41, 5.74) is 1.48. The summed E-state index contributed by atoms with van der Waals surface area (Å²) in [5, 5.41) is 4.70. The third kappa shape index (κ3) is 3.43. The molecule has 1 fully saturated rings. The van der Waals surface area contributed by atoms with Crippen molar-refractivity contribution < 1.29 is 0 Å². The first kappa shape index (κ1) is 10.8. The van der Waals surface area contributed by atoms with Crippen LogP contribution < -0.4 is 5.32 Å². The van der Waals surface area contributed by atoms with Crippen molar-refractivity contribution in [3.05, 3.63) is 21.7 Å². The van der Waals surface area contributed by atoms with E-state index in [-0.39, 0.29) is 0 Å². The Morgan fingerprint density at radius 2 is 2.47 bits per heavy atom. The summed E-state index contributed by atoms with van der Waals surface area (Å²) in [6, 6.07) is 0.795. The molecule has 3 heteroatoms. The van der Waals surface area contributed by atoms with E-state index in [1.165, 1.54) is 23.3 Å². The van der Waals surface area contributed by atoms with Crippen LogP contribution in [0.15, 0.2) is 11.8 Å². The number of aryl methyl sites for hydroxylation is 1. The summed E-state index contributed by atoms with van der Waals surface area (Å²) in [6.45, 7) is 5.31. The van der Waals surface area contributed by atoms with Gasteiger partial charge >= 0.3 is 0 Å². The van der Waals surface area contributed by atoms with Crippen LogP contribution in [0.2, 0.25) is 0 Å². The van der Waals surface area contributed by atoms with E-state index >= 15 is 0 Å². The van der Waals surface area contributed by atoms with Gasteiger partial charge < -0.3 is 5.32 Å². The van der Waals surface area contributed by atoms with Gasteiger partial charge in [0.15, 0.2) is 0 Å². The van der Waals surface area contributed by atoms with Crippen LogP contribution in [-0.4, -0.2) is 17.6 Å². The van der Waals surface area contributed by atoms with Crippen molar-refractivity contribution in [1.29, 1.82) is 0 Å². The highest BCUT2D eigenvalue weighted by Gasteiger charge is 2.20. The van der Waals surface area contributed by atoms with E-state index < -0.39 is 0 Å². The second kappa shape index (κ2) is 4.90. The molecule has 82 valence electrons. The Kier molecular flexibility index (Phi) is 3.54. The van der Waals surface area contributed by atoms with Gasteiger partial charge in [0.2, 0.25) is 0 Å². The lowest BCUT2D eigenvalue weighted by molar-refractivity contribution is 0.723. The number of nitrogens with one attached hydrogen (secondary N) is 1. The lowest BCUT2D eigenvalue weighted by Gasteiger charge is -2.04. The van der Waals surface area contributed by atoms with E-state index in [2.05, 4.69) is 30.2 Å². The largest absolute Gasteiger partial charge is 0.310 e. The maximum atomic E-state index is 4.27. The maximum Gasteiger partial charge on any atom is 0.0900 e. The zero-order valence-electron chi connectivity index (χ0n) is 9.42. The van der Waals surface area contributed by atoms with Gasteiger partial charge in [-0.3, -0.25) is 0 Å². The van der Waals surface area contributed by atoms with Crippen LogP contribution in [0.5, 0.6) is 0 Å². The molecule has 1 aromatic heterocycles. The van der Waals surface area contributed by atoms with Gasteiger partial charge in [-0.2, -0.15) is 0 Å². The molecule has 0 aliphatic heterocycles. The van der Waals surface area contributed by atoms with Crippen molar-refractivity contribution in [1.82, 2.24) is 10.3 Å². The Labute approximate surface area is 95.4 Å². The number of nitrogens with zero attached hydrogens (tertiary/aromatic N) is 1. The van der Waals surface area contributed by atoms with E-state index in [1.807, 2.05) is 6.20 Å². The lowest BCUT2D eigenvalue weighted by atomic mass is 10.2. The molecule has 15 heavy (non-hydrogen) atoms. The lowest BCUT2D eigenvalue weighted by Crippen LogP contribution is -2.18. The first-order chi connectivity index (χ1) is 7.28. The Morgan fingerprint density at radius 1 is 1.67 bits per heavy atom. The van der Waals surface area contributed by atoms with Crippen LogP contribution in [0.25, 0.3) is 6.08 Å². The third-order valence-corrected chi connectivity index (χ3v) is 3.49. The Hall–Kier alpha value is -0.670. The average molecular weight is 222 g/mol. The molecule has 0 atom stereocenters. The van der Waals surface area contributed by atoms with E-state index in [1.54, 1.807) is 11.3 Å². The summed E-state index contributed by atoms with van der Waals surface area (Å²) in [4.78, 5) is 5.54. The molecule has 0 saturated heterocycles. The summed E-state index contributed by atoms with van der Waals surface area (Å²) in [7, 11) is 0. The number of hydrogen-bond donors (Lipinski definition) is 1. The quantitative estimate of drug-likeness (QED) is 0.828. The molecule has 1 saturated carbocycles. The molecular weight excluding hydrogens is 204 g/mol. The van der Waals surface area contributed by atoms with Crippen LogP contribution in [0, 0.1) is 6.92 Å². The van der Waals surface area contributed by atoms with Gasteiger partial charge in [0.05, 0.1) is 5.01 Å². The number of hydrogen-bond acceptors (Lipinski definition) is 3. The SMILES string of the molecule is CCC(=Cc1cnc(C)s1)CNC1CC1. The zero-order chi connectivity index (χ0) is 10.7. The Bertz CT molecular complexity index is 350. The second-order valence-electron chi connectivity index (χ2n) is 4.09. The van der Waals surface area contributed by atoms with Gasteiger partial charge in [-0.15, -0.1) is 11.3 Å². The van der Waals surface area contributed by atoms with Crippen molar-refractivity contribution in [2.24, 2.45) is 0 Å². The molecule has 0 bridgehead atoms. The number of rotatable bonds is 5. The van der Waals surface area contributed by atoms with Gasteiger partial charge in [-0.1, -0.05) is 12.5 Å². The van der Waals surface area contributed by atoms with E-state index in [0.717, 1.165) is 24.0 Å². The molecule has 0 amide bonds. The zero-order valence-corrected chi connectivity index (χ0v) is 10.2. The molecule has 0 radical (unpaired) electrons. The van der Waals surface area contributed by atoms with E-state index in [0.29, 0.717) is 0 Å². The minimum atomic E-state index is 0.795. The van der Waals surface area contributed by atoms with Crippen LogP contribution in [0.4, 0.5) is 0 Å². The van der Waals surface area contributed by atoms with E-state index in [4.69, 9.17) is 0 Å². The minimum absolute atomic E-state index is 0.795. The molecule has 0 unspecified atom stereocenters. The second-order valence-corrected chi connectivity index (χ2v) is 5.36. The van der Waals surface area contributed by atoms with Crippen LogP contribution >= 0.6 is 11.3 Å². The molecular formula is C12H18N2S. The van der Waals surface area contributed by atoms with Gasteiger partial charge in [0.1, 0.15) is 0 Å². The Balaban J connectivity index is 1.94. The van der Waals surface area contributed by atoms with Gasteiger partial charge in [0, 0.05) is 23.7 Å². The van der Waals surface area contributed by atoms with Crippen LogP contribution in [-0.2, 0) is 0 Å². The fraction of sp³-hybridized carbons (Fsp3) is 0.583. The van der Waals surface area contributed by atoms with Crippen molar-refractivity contribution >= 4 is 17.4 Å². The highest BCUT2D eigenvalue weighted by Crippen LogP contribution is 2.20. The highest BCUT2D eigenvalue weighted by molar-refractivity contribution is 7.12. The molecule has 0 aromatic carbocycles. The molecule has 0 spiro atoms. The van der Waals surface area contributed by atoms with Crippen LogP contribution in [0.3, 0.4) is 0 Å². The molecule has 1 aromatic rings. The van der Waals surface area contributed by atoms with Gasteiger partial charge in [-0.25, -0.2) is 4.98 Å². The molecule has 1 N–H and O–H groups in total. The average Bonchev–Trinajstić information content (AvgIpc) is 2.97. The summed E-state index contributed by atoms with van der Waals surface area (Å²) >= 11 is 1.77. The fourth-order valence-electron chi connectivity index (χ4n) is 1.49. The van der Waals surface area contributed by atoms with Gasteiger partial charge in [0.25, 0.3) is 0 Å². The standard InChI is InChI=1S/C12H18N2S/c1-3-10(7-14-11-4-5-11)6-12-8-13-9(2)15-12/h6,8,11,14H,3-5,7H2,1-2H3. The molecule has 2 rings (SSSR count). The monoisotopic (exact) mass is 222 g/mol. The summed E-state index contributed by atoms with van der Waals surface area (Å²) < 4.78 is 0. The minimum Gasteiger partial charge on any atom is -0.310 e. The van der Waals surface area contributed by atoms with Crippen LogP contribution in [0.1, 0.15) is 36.1 Å². The highest BCUT2D eigenvalue weighted by atomic mass is 32.1. The molecule has 2 nitrogen and oxygen atoms in total. The van der Waals surface area contributed by atoms with Gasteiger partial charge in [-0.05, 0) is 32.3 Å². The number of aromatic nitrogens is 1. The molecule has 1 aliphatic rings. The first-order valence-electron chi connectivity index (χ1n) is 5.63. The predicted octanol–water partition coefficient (Wildman–Crippen LogP) is 3.00. The topological polar surface area (TPSA) is 24.9 Å². The summed E-state index contributed by atoms with van der Waals surface area (Å²) in [5.74, 6) is 0. The van der Waals surface area contributed by atoms with Crippen molar-refractivity contribution in [2.75, 3.05) is 6.54 Å². The fourth-order valence-corrected chi connectivity index (χ4v) is 2.26. The van der Waals surface area contributed by atoms with E-state index in [9.17, 15) is 0 Å².